The largest absolute Gasteiger partial charge is 0.466 e. The molecule has 1 saturated carbocycles. The Bertz CT molecular complexity index is 473. The molecule has 2 aliphatic rings. The van der Waals surface area contributed by atoms with E-state index < -0.39 is 0 Å². The highest BCUT2D eigenvalue weighted by molar-refractivity contribution is 5.78. The van der Waals surface area contributed by atoms with Crippen molar-refractivity contribution in [2.75, 3.05) is 13.2 Å². The maximum atomic E-state index is 12.4. The first-order chi connectivity index (χ1) is 9.76. The van der Waals surface area contributed by atoms with Crippen molar-refractivity contribution < 1.29 is 9.53 Å². The molecule has 3 rings (SSSR count). The van der Waals surface area contributed by atoms with E-state index in [2.05, 4.69) is 29.2 Å². The topological polar surface area (TPSA) is 29.5 Å². The minimum absolute atomic E-state index is 0.0399. The number of rotatable bonds is 4. The highest BCUT2D eigenvalue weighted by Gasteiger charge is 2.55. The van der Waals surface area contributed by atoms with Crippen LogP contribution in [-0.2, 0) is 16.1 Å². The molecule has 1 aromatic rings. The number of benzene rings is 1. The summed E-state index contributed by atoms with van der Waals surface area (Å²) in [6.07, 6.45) is 4.24. The maximum absolute atomic E-state index is 12.4. The van der Waals surface area contributed by atoms with Crippen LogP contribution in [0.1, 0.15) is 38.2 Å². The standard InChI is InChI=1S/C17H23NO2/c1-2-20-16(19)17-10-6-9-15(17)18(12-11-17)13-14-7-4-3-5-8-14/h3-5,7-8,15H,2,6,9-13H2,1H3/t15?,17-/m1/s1. The number of carbonyl (C=O) groups is 1. The number of hydrogen-bond donors (Lipinski definition) is 0. The number of carbonyl (C=O) groups excluding carboxylic acids is 1. The third-order valence-electron chi connectivity index (χ3n) is 4.93. The Morgan fingerprint density at radius 3 is 2.90 bits per heavy atom. The molecule has 0 aromatic heterocycles. The van der Waals surface area contributed by atoms with Gasteiger partial charge in [0.05, 0.1) is 12.0 Å². The zero-order valence-electron chi connectivity index (χ0n) is 12.2. The van der Waals surface area contributed by atoms with Gasteiger partial charge in [0.2, 0.25) is 0 Å². The number of esters is 1. The Hall–Kier alpha value is -1.35. The lowest BCUT2D eigenvalue weighted by atomic mass is 9.82. The first-order valence-electron chi connectivity index (χ1n) is 7.71. The average molecular weight is 273 g/mol. The molecule has 1 unspecified atom stereocenters. The second-order valence-electron chi connectivity index (χ2n) is 5.99. The van der Waals surface area contributed by atoms with Gasteiger partial charge in [-0.25, -0.2) is 0 Å². The van der Waals surface area contributed by atoms with Gasteiger partial charge in [0.1, 0.15) is 0 Å². The van der Waals surface area contributed by atoms with Crippen molar-refractivity contribution >= 4 is 5.97 Å². The zero-order valence-corrected chi connectivity index (χ0v) is 12.2. The molecule has 20 heavy (non-hydrogen) atoms. The highest BCUT2D eigenvalue weighted by Crippen LogP contribution is 2.50. The molecule has 2 fully saturated rings. The second-order valence-corrected chi connectivity index (χ2v) is 5.99. The molecule has 3 nitrogen and oxygen atoms in total. The number of hydrogen-bond acceptors (Lipinski definition) is 3. The fraction of sp³-hybridized carbons (Fsp3) is 0.588. The van der Waals surface area contributed by atoms with Crippen LogP contribution in [0.2, 0.25) is 0 Å². The van der Waals surface area contributed by atoms with Crippen LogP contribution in [-0.4, -0.2) is 30.1 Å². The third-order valence-corrected chi connectivity index (χ3v) is 4.93. The average Bonchev–Trinajstić information content (AvgIpc) is 3.02. The number of fused-ring (bicyclic) bond motifs is 1. The lowest BCUT2D eigenvalue weighted by Gasteiger charge is -2.30. The van der Waals surface area contributed by atoms with Gasteiger partial charge in [0, 0.05) is 12.6 Å². The Balaban J connectivity index is 1.75. The molecule has 1 saturated heterocycles. The van der Waals surface area contributed by atoms with Gasteiger partial charge in [0.25, 0.3) is 0 Å². The van der Waals surface area contributed by atoms with E-state index >= 15 is 0 Å². The van der Waals surface area contributed by atoms with Crippen molar-refractivity contribution in [1.29, 1.82) is 0 Å². The summed E-state index contributed by atoms with van der Waals surface area (Å²) in [6.45, 7) is 4.35. The molecular weight excluding hydrogens is 250 g/mol. The third kappa shape index (κ3) is 2.24. The SMILES string of the molecule is CCOC(=O)[C@@]12CCCC1N(Cc1ccccc1)CC2. The fourth-order valence-corrected chi connectivity index (χ4v) is 4.00. The monoisotopic (exact) mass is 273 g/mol. The van der Waals surface area contributed by atoms with E-state index in [0.717, 1.165) is 38.8 Å². The summed E-state index contributed by atoms with van der Waals surface area (Å²) in [6, 6.07) is 10.9. The molecular formula is C17H23NO2. The van der Waals surface area contributed by atoms with Crippen molar-refractivity contribution in [3.05, 3.63) is 35.9 Å². The van der Waals surface area contributed by atoms with Gasteiger partial charge in [-0.3, -0.25) is 9.69 Å². The molecule has 1 aromatic carbocycles. The molecule has 0 bridgehead atoms. The van der Waals surface area contributed by atoms with Crippen LogP contribution in [0.15, 0.2) is 30.3 Å². The summed E-state index contributed by atoms with van der Waals surface area (Å²) >= 11 is 0. The van der Waals surface area contributed by atoms with E-state index in [1.165, 1.54) is 5.56 Å². The summed E-state index contributed by atoms with van der Waals surface area (Å²) in [5.41, 5.74) is 1.11. The predicted octanol–water partition coefficient (Wildman–Crippen LogP) is 2.99. The zero-order chi connectivity index (χ0) is 14.0. The van der Waals surface area contributed by atoms with E-state index in [1.807, 2.05) is 13.0 Å². The fourth-order valence-electron chi connectivity index (χ4n) is 4.00. The molecule has 1 heterocycles. The van der Waals surface area contributed by atoms with Crippen molar-refractivity contribution in [1.82, 2.24) is 4.90 Å². The molecule has 1 aliphatic heterocycles. The Kier molecular flexibility index (Phi) is 3.79. The van der Waals surface area contributed by atoms with E-state index in [1.54, 1.807) is 0 Å². The normalized spacial score (nSPS) is 29.4. The molecule has 0 radical (unpaired) electrons. The lowest BCUT2D eigenvalue weighted by Crippen LogP contribution is -2.41. The van der Waals surface area contributed by atoms with Crippen molar-refractivity contribution in [3.63, 3.8) is 0 Å². The summed E-state index contributed by atoms with van der Waals surface area (Å²) in [4.78, 5) is 14.9. The lowest BCUT2D eigenvalue weighted by molar-refractivity contribution is -0.156. The van der Waals surface area contributed by atoms with E-state index in [-0.39, 0.29) is 11.4 Å². The first-order valence-corrected chi connectivity index (χ1v) is 7.71. The minimum Gasteiger partial charge on any atom is -0.466 e. The van der Waals surface area contributed by atoms with Gasteiger partial charge in [-0.1, -0.05) is 36.8 Å². The summed E-state index contributed by atoms with van der Waals surface area (Å²) in [5, 5.41) is 0. The van der Waals surface area contributed by atoms with Crippen LogP contribution in [0.25, 0.3) is 0 Å². The number of ether oxygens (including phenoxy) is 1. The predicted molar refractivity (Wildman–Crippen MR) is 78.2 cm³/mol. The molecule has 108 valence electrons. The smallest absolute Gasteiger partial charge is 0.313 e. The molecule has 0 N–H and O–H groups in total. The highest BCUT2D eigenvalue weighted by atomic mass is 16.5. The van der Waals surface area contributed by atoms with Gasteiger partial charge in [-0.2, -0.15) is 0 Å². The van der Waals surface area contributed by atoms with Gasteiger partial charge in [-0.15, -0.1) is 0 Å². The van der Waals surface area contributed by atoms with Crippen LogP contribution in [0.3, 0.4) is 0 Å². The van der Waals surface area contributed by atoms with E-state index in [0.29, 0.717) is 12.6 Å². The van der Waals surface area contributed by atoms with Crippen LogP contribution in [0, 0.1) is 5.41 Å². The Morgan fingerprint density at radius 1 is 1.35 bits per heavy atom. The van der Waals surface area contributed by atoms with E-state index in [9.17, 15) is 4.79 Å². The van der Waals surface area contributed by atoms with Crippen LogP contribution in [0.4, 0.5) is 0 Å². The Labute approximate surface area is 120 Å². The van der Waals surface area contributed by atoms with Crippen molar-refractivity contribution in [3.8, 4) is 0 Å². The van der Waals surface area contributed by atoms with Gasteiger partial charge in [0.15, 0.2) is 0 Å². The number of likely N-dealkylation sites (tertiary alicyclic amines) is 1. The van der Waals surface area contributed by atoms with Crippen LogP contribution >= 0.6 is 0 Å². The van der Waals surface area contributed by atoms with Crippen molar-refractivity contribution in [2.45, 2.75) is 45.2 Å². The van der Waals surface area contributed by atoms with Crippen molar-refractivity contribution in [2.24, 2.45) is 5.41 Å². The quantitative estimate of drug-likeness (QED) is 0.790. The molecule has 2 atom stereocenters. The summed E-state index contributed by atoms with van der Waals surface area (Å²) in [5.74, 6) is 0.0399. The van der Waals surface area contributed by atoms with Gasteiger partial charge < -0.3 is 4.74 Å². The Morgan fingerprint density at radius 2 is 2.15 bits per heavy atom. The molecule has 0 amide bonds. The van der Waals surface area contributed by atoms with Crippen LogP contribution < -0.4 is 0 Å². The summed E-state index contributed by atoms with van der Waals surface area (Å²) in [7, 11) is 0. The molecule has 1 aliphatic carbocycles. The summed E-state index contributed by atoms with van der Waals surface area (Å²) < 4.78 is 5.36. The van der Waals surface area contributed by atoms with Gasteiger partial charge in [-0.05, 0) is 38.3 Å². The number of nitrogens with zero attached hydrogens (tertiary/aromatic N) is 1. The van der Waals surface area contributed by atoms with Gasteiger partial charge >= 0.3 is 5.97 Å². The van der Waals surface area contributed by atoms with Crippen LogP contribution in [0.5, 0.6) is 0 Å². The first kappa shape index (κ1) is 13.6. The maximum Gasteiger partial charge on any atom is 0.313 e. The van der Waals surface area contributed by atoms with E-state index in [4.69, 9.17) is 4.74 Å². The minimum atomic E-state index is -0.217. The second kappa shape index (κ2) is 5.57. The molecule has 0 spiro atoms. The molecule has 3 heteroatoms.